The van der Waals surface area contributed by atoms with Gasteiger partial charge >= 0.3 is 5.97 Å². The number of hydrogen-bond acceptors (Lipinski definition) is 1. The lowest BCUT2D eigenvalue weighted by molar-refractivity contribution is 0.0697. The van der Waals surface area contributed by atoms with Crippen LogP contribution in [-0.2, 0) is 5.41 Å². The Hall–Kier alpha value is -2.39. The number of carboxylic acids is 1. The van der Waals surface area contributed by atoms with E-state index in [1.165, 1.54) is 16.7 Å². The normalized spacial score (nSPS) is 14.0. The van der Waals surface area contributed by atoms with Gasteiger partial charge in [0.15, 0.2) is 0 Å². The molecule has 0 atom stereocenters. The van der Waals surface area contributed by atoms with E-state index in [2.05, 4.69) is 54.0 Å². The van der Waals surface area contributed by atoms with Crippen LogP contribution >= 0.6 is 15.9 Å². The average Bonchev–Trinajstić information content (AvgIpc) is 2.83. The van der Waals surface area contributed by atoms with E-state index in [1.807, 2.05) is 30.3 Å². The van der Waals surface area contributed by atoms with Crippen LogP contribution in [0.1, 0.15) is 35.3 Å². The first-order chi connectivity index (χ1) is 11.9. The van der Waals surface area contributed by atoms with Crippen molar-refractivity contribution >= 4 is 21.9 Å². The van der Waals surface area contributed by atoms with Gasteiger partial charge in [0.1, 0.15) is 0 Å². The molecule has 4 rings (SSSR count). The van der Waals surface area contributed by atoms with Crippen LogP contribution in [0.15, 0.2) is 65.1 Å². The molecule has 0 heterocycles. The van der Waals surface area contributed by atoms with Crippen molar-refractivity contribution in [3.8, 4) is 22.3 Å². The number of fused-ring (bicyclic) bond motifs is 3. The van der Waals surface area contributed by atoms with E-state index in [4.69, 9.17) is 0 Å². The van der Waals surface area contributed by atoms with Gasteiger partial charge in [-0.25, -0.2) is 4.79 Å². The lowest BCUT2D eigenvalue weighted by Gasteiger charge is -2.21. The molecule has 1 aliphatic carbocycles. The van der Waals surface area contributed by atoms with Crippen molar-refractivity contribution < 1.29 is 9.90 Å². The van der Waals surface area contributed by atoms with E-state index in [-0.39, 0.29) is 5.41 Å². The number of benzene rings is 3. The van der Waals surface area contributed by atoms with E-state index >= 15 is 0 Å². The molecule has 3 aromatic carbocycles. The molecule has 0 saturated carbocycles. The van der Waals surface area contributed by atoms with Crippen LogP contribution in [-0.4, -0.2) is 11.1 Å². The summed E-state index contributed by atoms with van der Waals surface area (Å²) in [6.07, 6.45) is 0. The third-order valence-corrected chi connectivity index (χ3v) is 5.60. The van der Waals surface area contributed by atoms with Gasteiger partial charge in [-0.15, -0.1) is 0 Å². The molecule has 0 amide bonds. The smallest absolute Gasteiger partial charge is 0.336 e. The summed E-state index contributed by atoms with van der Waals surface area (Å²) in [5, 5.41) is 9.68. The van der Waals surface area contributed by atoms with Crippen molar-refractivity contribution in [2.24, 2.45) is 0 Å². The van der Waals surface area contributed by atoms with E-state index in [1.54, 1.807) is 6.07 Å². The molecule has 0 bridgehead atoms. The summed E-state index contributed by atoms with van der Waals surface area (Å²) in [4.78, 5) is 11.8. The van der Waals surface area contributed by atoms with Crippen molar-refractivity contribution in [1.29, 1.82) is 0 Å². The molecule has 3 aromatic rings. The average molecular weight is 393 g/mol. The van der Waals surface area contributed by atoms with Crippen LogP contribution in [0.5, 0.6) is 0 Å². The second-order valence-corrected chi connectivity index (χ2v) is 7.81. The van der Waals surface area contributed by atoms with E-state index in [0.717, 1.165) is 21.2 Å². The number of halogens is 1. The van der Waals surface area contributed by atoms with Crippen molar-refractivity contribution in [3.63, 3.8) is 0 Å². The second kappa shape index (κ2) is 5.57. The van der Waals surface area contributed by atoms with Crippen molar-refractivity contribution in [3.05, 3.63) is 81.8 Å². The molecule has 0 spiro atoms. The minimum Gasteiger partial charge on any atom is -0.478 e. The Bertz CT molecular complexity index is 1020. The molecule has 0 fully saturated rings. The van der Waals surface area contributed by atoms with Crippen LogP contribution in [0.25, 0.3) is 22.3 Å². The van der Waals surface area contributed by atoms with Crippen LogP contribution in [0.3, 0.4) is 0 Å². The fourth-order valence-electron chi connectivity index (χ4n) is 3.91. The molecular formula is C22H17BrO2. The molecule has 0 aromatic heterocycles. The summed E-state index contributed by atoms with van der Waals surface area (Å²) in [6, 6.07) is 20.0. The number of carboxylic acid groups (broad SMARTS) is 1. The highest BCUT2D eigenvalue weighted by molar-refractivity contribution is 9.10. The van der Waals surface area contributed by atoms with Gasteiger partial charge in [-0.05, 0) is 45.5 Å². The van der Waals surface area contributed by atoms with Crippen LogP contribution in [0.4, 0.5) is 0 Å². The summed E-state index contributed by atoms with van der Waals surface area (Å²) in [5.41, 5.74) is 6.80. The molecule has 0 saturated heterocycles. The largest absolute Gasteiger partial charge is 0.478 e. The number of hydrogen-bond donors (Lipinski definition) is 1. The highest BCUT2D eigenvalue weighted by Gasteiger charge is 2.36. The van der Waals surface area contributed by atoms with Gasteiger partial charge < -0.3 is 5.11 Å². The summed E-state index contributed by atoms with van der Waals surface area (Å²) >= 11 is 3.38. The van der Waals surface area contributed by atoms with Crippen molar-refractivity contribution in [2.45, 2.75) is 19.3 Å². The summed E-state index contributed by atoms with van der Waals surface area (Å²) < 4.78 is 0.766. The molecule has 0 radical (unpaired) electrons. The first-order valence-corrected chi connectivity index (χ1v) is 8.97. The highest BCUT2D eigenvalue weighted by atomic mass is 79.9. The van der Waals surface area contributed by atoms with Gasteiger partial charge in [-0.3, -0.25) is 0 Å². The third-order valence-electron chi connectivity index (χ3n) is 5.11. The summed E-state index contributed by atoms with van der Waals surface area (Å²) in [7, 11) is 0. The van der Waals surface area contributed by atoms with E-state index in [0.29, 0.717) is 5.56 Å². The van der Waals surface area contributed by atoms with Gasteiger partial charge in [0.05, 0.1) is 5.56 Å². The van der Waals surface area contributed by atoms with E-state index in [9.17, 15) is 9.90 Å². The Morgan fingerprint density at radius 1 is 0.880 bits per heavy atom. The van der Waals surface area contributed by atoms with Crippen LogP contribution in [0.2, 0.25) is 0 Å². The van der Waals surface area contributed by atoms with Crippen LogP contribution < -0.4 is 0 Å². The Labute approximate surface area is 155 Å². The fraction of sp³-hybridized carbons (Fsp3) is 0.136. The van der Waals surface area contributed by atoms with Crippen LogP contribution in [0, 0.1) is 0 Å². The molecule has 0 aliphatic heterocycles. The van der Waals surface area contributed by atoms with Gasteiger partial charge in [0.2, 0.25) is 0 Å². The Kier molecular flexibility index (Phi) is 3.58. The minimum absolute atomic E-state index is 0.0965. The maximum absolute atomic E-state index is 11.8. The highest BCUT2D eigenvalue weighted by Crippen LogP contribution is 2.52. The number of carbonyl (C=O) groups is 1. The quantitative estimate of drug-likeness (QED) is 0.570. The molecule has 3 heteroatoms. The van der Waals surface area contributed by atoms with Gasteiger partial charge in [0.25, 0.3) is 0 Å². The standard InChI is InChI=1S/C22H17BrO2/c1-22(2)18-8-4-3-6-16(18)20-15(7-5-9-19(20)22)14-11-10-13(23)12-17(14)21(24)25/h3-12H,1-2H3,(H,24,25). The monoisotopic (exact) mass is 392 g/mol. The van der Waals surface area contributed by atoms with Gasteiger partial charge in [-0.2, -0.15) is 0 Å². The molecule has 2 nitrogen and oxygen atoms in total. The second-order valence-electron chi connectivity index (χ2n) is 6.89. The molecule has 1 N–H and O–H groups in total. The molecule has 25 heavy (non-hydrogen) atoms. The first-order valence-electron chi connectivity index (χ1n) is 8.18. The SMILES string of the molecule is CC1(C)c2ccccc2-c2c(-c3ccc(Br)cc3C(=O)O)cccc21. The van der Waals surface area contributed by atoms with E-state index < -0.39 is 5.97 Å². The van der Waals surface area contributed by atoms with Gasteiger partial charge in [0, 0.05) is 9.89 Å². The maximum atomic E-state index is 11.8. The molecule has 124 valence electrons. The molecular weight excluding hydrogens is 376 g/mol. The first kappa shape index (κ1) is 16.1. The number of rotatable bonds is 2. The third kappa shape index (κ3) is 2.34. The predicted octanol–water partition coefficient (Wildman–Crippen LogP) is 6.12. The molecule has 0 unspecified atom stereocenters. The Morgan fingerprint density at radius 2 is 1.56 bits per heavy atom. The molecule has 1 aliphatic rings. The lowest BCUT2D eigenvalue weighted by Crippen LogP contribution is -2.14. The Morgan fingerprint density at radius 3 is 2.32 bits per heavy atom. The Balaban J connectivity index is 2.08. The lowest BCUT2D eigenvalue weighted by atomic mass is 9.82. The maximum Gasteiger partial charge on any atom is 0.336 e. The minimum atomic E-state index is -0.917. The van der Waals surface area contributed by atoms with Gasteiger partial charge in [-0.1, -0.05) is 78.3 Å². The van der Waals surface area contributed by atoms with Crippen molar-refractivity contribution in [1.82, 2.24) is 0 Å². The summed E-state index contributed by atoms with van der Waals surface area (Å²) in [5.74, 6) is -0.917. The summed E-state index contributed by atoms with van der Waals surface area (Å²) in [6.45, 7) is 4.45. The topological polar surface area (TPSA) is 37.3 Å². The van der Waals surface area contributed by atoms with Crippen molar-refractivity contribution in [2.75, 3.05) is 0 Å². The zero-order valence-corrected chi connectivity index (χ0v) is 15.6. The fourth-order valence-corrected chi connectivity index (χ4v) is 4.27. The zero-order chi connectivity index (χ0) is 17.8. The predicted molar refractivity (Wildman–Crippen MR) is 104 cm³/mol. The zero-order valence-electron chi connectivity index (χ0n) is 14.0. The number of aromatic carboxylic acids is 1.